The number of carbonyl (C=O) groups is 2. The van der Waals surface area contributed by atoms with Crippen molar-refractivity contribution in [2.75, 3.05) is 13.2 Å². The molecule has 0 heterocycles. The fraction of sp³-hybridized carbons (Fsp3) is 0.349. The molecule has 5 aromatic rings. The molecule has 0 aliphatic carbocycles. The Bertz CT molecular complexity index is 1840. The number of rotatable bonds is 16. The quantitative estimate of drug-likeness (QED) is 0.0454. The van der Waals surface area contributed by atoms with Gasteiger partial charge in [-0.1, -0.05) is 109 Å². The van der Waals surface area contributed by atoms with Crippen LogP contribution in [0.2, 0.25) is 0 Å². The molecule has 0 aliphatic heterocycles. The van der Waals surface area contributed by atoms with E-state index in [0.717, 1.165) is 57.9 Å². The summed E-state index contributed by atoms with van der Waals surface area (Å²) in [5.74, 6) is 2.12. The first-order chi connectivity index (χ1) is 23.8. The largest absolute Gasteiger partial charge is 0.513 e. The average molecular weight is 661 g/mol. The highest BCUT2D eigenvalue weighted by molar-refractivity contribution is 5.93. The smallest absolute Gasteiger partial charge is 0.494 e. The molecule has 6 heteroatoms. The van der Waals surface area contributed by atoms with E-state index in [-0.39, 0.29) is 5.92 Å². The van der Waals surface area contributed by atoms with Gasteiger partial charge in [-0.15, -0.1) is 0 Å². The van der Waals surface area contributed by atoms with Gasteiger partial charge in [0, 0.05) is 0 Å². The molecule has 5 aromatic carbocycles. The molecule has 0 N–H and O–H groups in total. The van der Waals surface area contributed by atoms with Gasteiger partial charge in [0.15, 0.2) is 0 Å². The zero-order valence-corrected chi connectivity index (χ0v) is 29.2. The first-order valence-electron chi connectivity index (χ1n) is 17.7. The summed E-state index contributed by atoms with van der Waals surface area (Å²) in [5, 5.41) is 3.96. The minimum absolute atomic E-state index is 0.270. The molecule has 2 unspecified atom stereocenters. The molecule has 2 atom stereocenters. The highest BCUT2D eigenvalue weighted by Crippen LogP contribution is 2.29. The molecular weight excluding hydrogens is 612 g/mol. The van der Waals surface area contributed by atoms with Gasteiger partial charge in [-0.05, 0) is 106 Å². The summed E-state index contributed by atoms with van der Waals surface area (Å²) < 4.78 is 22.4. The van der Waals surface area contributed by atoms with Crippen LogP contribution in [0.3, 0.4) is 0 Å². The minimum atomic E-state index is -0.691. The average Bonchev–Trinajstić information content (AvgIpc) is 3.13. The maximum absolute atomic E-state index is 13.0. The highest BCUT2D eigenvalue weighted by atomic mass is 16.7. The Balaban J connectivity index is 1.14. The third-order valence-electron chi connectivity index (χ3n) is 9.31. The third-order valence-corrected chi connectivity index (χ3v) is 9.31. The number of hydrogen-bond acceptors (Lipinski definition) is 6. The molecular formula is C43H48O6. The molecule has 0 aromatic heterocycles. The predicted molar refractivity (Wildman–Crippen MR) is 198 cm³/mol. The third kappa shape index (κ3) is 10.1. The van der Waals surface area contributed by atoms with Gasteiger partial charge in [0.2, 0.25) is 0 Å². The molecule has 0 fully saturated rings. The van der Waals surface area contributed by atoms with Crippen molar-refractivity contribution < 1.29 is 28.5 Å². The SMILES string of the molecule is CCCCCCCCOc1ccc2cc(OC(=O)c3ccc(-c4ccc5cc(OC(=O)OCC(C)C(C)CC)ccc5c4)cc3)ccc2c1. The minimum Gasteiger partial charge on any atom is -0.494 e. The lowest BCUT2D eigenvalue weighted by Crippen LogP contribution is -2.19. The van der Waals surface area contributed by atoms with Crippen LogP contribution < -0.4 is 14.2 Å². The monoisotopic (exact) mass is 660 g/mol. The second-order valence-corrected chi connectivity index (χ2v) is 13.0. The number of unbranched alkanes of at least 4 members (excludes halogenated alkanes) is 5. The van der Waals surface area contributed by atoms with E-state index in [2.05, 4.69) is 33.8 Å². The van der Waals surface area contributed by atoms with Gasteiger partial charge < -0.3 is 18.9 Å². The summed E-state index contributed by atoms with van der Waals surface area (Å²) in [6.07, 6.45) is 7.74. The molecule has 49 heavy (non-hydrogen) atoms. The van der Waals surface area contributed by atoms with Crippen molar-refractivity contribution in [1.29, 1.82) is 0 Å². The topological polar surface area (TPSA) is 71.1 Å². The van der Waals surface area contributed by atoms with Crippen LogP contribution in [0.25, 0.3) is 32.7 Å². The predicted octanol–water partition coefficient (Wildman–Crippen LogP) is 11.8. The molecule has 0 radical (unpaired) electrons. The van der Waals surface area contributed by atoms with Crippen LogP contribution in [0.1, 0.15) is 83.0 Å². The number of esters is 1. The van der Waals surface area contributed by atoms with Crippen molar-refractivity contribution in [2.45, 2.75) is 72.6 Å². The van der Waals surface area contributed by atoms with Gasteiger partial charge in [-0.2, -0.15) is 0 Å². The van der Waals surface area contributed by atoms with Crippen LogP contribution in [-0.2, 0) is 4.74 Å². The van der Waals surface area contributed by atoms with Gasteiger partial charge >= 0.3 is 12.1 Å². The normalized spacial score (nSPS) is 12.4. The van der Waals surface area contributed by atoms with Crippen LogP contribution in [0.5, 0.6) is 17.2 Å². The molecule has 0 saturated heterocycles. The summed E-state index contributed by atoms with van der Waals surface area (Å²) in [6, 6.07) is 30.6. The van der Waals surface area contributed by atoms with Gasteiger partial charge in [-0.25, -0.2) is 9.59 Å². The number of benzene rings is 5. The summed E-state index contributed by atoms with van der Waals surface area (Å²) in [5.41, 5.74) is 2.44. The molecule has 0 saturated carbocycles. The summed E-state index contributed by atoms with van der Waals surface area (Å²) in [7, 11) is 0. The standard InChI is InChI=1S/C43H48O6/c1-5-7-8-9-10-11-24-46-39-21-18-38-27-40(22-20-37(38)26-39)48-42(44)33-14-12-32(13-15-33)34-16-17-36-28-41(23-19-35(36)25-34)49-43(45)47-29-31(4)30(3)6-2/h12-23,25-28,30-31H,5-11,24,29H2,1-4H3. The van der Waals surface area contributed by atoms with E-state index < -0.39 is 12.1 Å². The van der Waals surface area contributed by atoms with Crippen molar-refractivity contribution in [1.82, 2.24) is 0 Å². The zero-order chi connectivity index (χ0) is 34.6. The van der Waals surface area contributed by atoms with Crippen LogP contribution in [0, 0.1) is 11.8 Å². The molecule has 6 nitrogen and oxygen atoms in total. The van der Waals surface area contributed by atoms with E-state index in [0.29, 0.717) is 29.6 Å². The Morgan fingerprint density at radius 1 is 0.571 bits per heavy atom. The highest BCUT2D eigenvalue weighted by Gasteiger charge is 2.15. The lowest BCUT2D eigenvalue weighted by atomic mass is 9.95. The van der Waals surface area contributed by atoms with Crippen molar-refractivity contribution in [3.05, 3.63) is 103 Å². The fourth-order valence-electron chi connectivity index (χ4n) is 5.75. The lowest BCUT2D eigenvalue weighted by molar-refractivity contribution is 0.0733. The van der Waals surface area contributed by atoms with E-state index in [1.54, 1.807) is 18.2 Å². The number of fused-ring (bicyclic) bond motifs is 2. The summed E-state index contributed by atoms with van der Waals surface area (Å²) in [6.45, 7) is 9.64. The molecule has 0 bridgehead atoms. The Kier molecular flexibility index (Phi) is 12.7. The van der Waals surface area contributed by atoms with E-state index >= 15 is 0 Å². The number of hydrogen-bond donors (Lipinski definition) is 0. The molecule has 5 rings (SSSR count). The van der Waals surface area contributed by atoms with E-state index in [4.69, 9.17) is 18.9 Å². The second kappa shape index (κ2) is 17.5. The maximum atomic E-state index is 13.0. The van der Waals surface area contributed by atoms with Crippen LogP contribution in [-0.4, -0.2) is 25.3 Å². The Morgan fingerprint density at radius 2 is 1.12 bits per heavy atom. The Hall–Kier alpha value is -4.84. The van der Waals surface area contributed by atoms with Crippen molar-refractivity contribution in [3.63, 3.8) is 0 Å². The van der Waals surface area contributed by atoms with Gasteiger partial charge in [0.25, 0.3) is 0 Å². The summed E-state index contributed by atoms with van der Waals surface area (Å²) >= 11 is 0. The van der Waals surface area contributed by atoms with Gasteiger partial charge in [0.1, 0.15) is 17.2 Å². The fourth-order valence-corrected chi connectivity index (χ4v) is 5.75. The maximum Gasteiger partial charge on any atom is 0.513 e. The zero-order valence-electron chi connectivity index (χ0n) is 29.2. The molecule has 0 aliphatic rings. The van der Waals surface area contributed by atoms with Crippen LogP contribution in [0.4, 0.5) is 4.79 Å². The van der Waals surface area contributed by atoms with Gasteiger partial charge in [-0.3, -0.25) is 0 Å². The van der Waals surface area contributed by atoms with E-state index in [1.165, 1.54) is 32.1 Å². The number of carbonyl (C=O) groups excluding carboxylic acids is 2. The second-order valence-electron chi connectivity index (χ2n) is 13.0. The van der Waals surface area contributed by atoms with Crippen LogP contribution in [0.15, 0.2) is 97.1 Å². The van der Waals surface area contributed by atoms with E-state index in [9.17, 15) is 9.59 Å². The van der Waals surface area contributed by atoms with Crippen molar-refractivity contribution in [2.24, 2.45) is 11.8 Å². The summed E-state index contributed by atoms with van der Waals surface area (Å²) in [4.78, 5) is 25.2. The molecule has 256 valence electrons. The van der Waals surface area contributed by atoms with Crippen molar-refractivity contribution >= 4 is 33.7 Å². The number of ether oxygens (including phenoxy) is 4. The van der Waals surface area contributed by atoms with Crippen molar-refractivity contribution in [3.8, 4) is 28.4 Å². The van der Waals surface area contributed by atoms with Gasteiger partial charge in [0.05, 0.1) is 18.8 Å². The van der Waals surface area contributed by atoms with Crippen LogP contribution >= 0.6 is 0 Å². The Labute approximate surface area is 290 Å². The van der Waals surface area contributed by atoms with E-state index in [1.807, 2.05) is 72.8 Å². The Morgan fingerprint density at radius 3 is 1.80 bits per heavy atom. The molecule has 0 amide bonds. The first-order valence-corrected chi connectivity index (χ1v) is 17.7. The molecule has 0 spiro atoms. The first kappa shape index (κ1) is 35.5. The lowest BCUT2D eigenvalue weighted by Gasteiger charge is -2.17.